The second kappa shape index (κ2) is 2.55. The molecule has 0 bridgehead atoms. The molecule has 1 aromatic rings. The Kier molecular flexibility index (Phi) is 1.75. The SMILES string of the molecule is C[C@@H](O)c1ncccn1. The normalized spacial score (nSPS) is 13.1. The first-order chi connectivity index (χ1) is 4.30. The molecule has 0 unspecified atom stereocenters. The van der Waals surface area contributed by atoms with Crippen LogP contribution in [-0.4, -0.2) is 15.1 Å². The summed E-state index contributed by atoms with van der Waals surface area (Å²) in [6.45, 7) is 1.63. The molecule has 0 spiro atoms. The fourth-order valence-electron chi connectivity index (χ4n) is 0.526. The van der Waals surface area contributed by atoms with E-state index in [4.69, 9.17) is 5.11 Å². The van der Waals surface area contributed by atoms with Crippen molar-refractivity contribution >= 4 is 0 Å². The Hall–Kier alpha value is -0.960. The molecule has 1 aromatic heterocycles. The lowest BCUT2D eigenvalue weighted by Gasteiger charge is -1.98. The zero-order valence-corrected chi connectivity index (χ0v) is 5.15. The summed E-state index contributed by atoms with van der Waals surface area (Å²) in [5, 5.41) is 8.90. The van der Waals surface area contributed by atoms with Gasteiger partial charge in [0.2, 0.25) is 0 Å². The maximum absolute atomic E-state index is 8.90. The molecule has 1 rings (SSSR count). The molecular weight excluding hydrogens is 116 g/mol. The van der Waals surface area contributed by atoms with Gasteiger partial charge in [0, 0.05) is 12.4 Å². The number of aliphatic hydroxyl groups excluding tert-OH is 1. The Balaban J connectivity index is 2.85. The third-order valence-electron chi connectivity index (χ3n) is 0.959. The summed E-state index contributed by atoms with van der Waals surface area (Å²) in [6, 6.07) is 1.71. The summed E-state index contributed by atoms with van der Waals surface area (Å²) in [6.07, 6.45) is 2.65. The number of aromatic nitrogens is 2. The van der Waals surface area contributed by atoms with Gasteiger partial charge in [-0.15, -0.1) is 0 Å². The molecule has 0 aliphatic rings. The standard InChI is InChI=1S/C6H8N2O/c1-5(9)6-7-3-2-4-8-6/h2-5,9H,1H3/t5-/m1/s1. The van der Waals surface area contributed by atoms with Crippen LogP contribution in [0.3, 0.4) is 0 Å². The molecule has 0 fully saturated rings. The minimum Gasteiger partial charge on any atom is -0.385 e. The maximum Gasteiger partial charge on any atom is 0.156 e. The highest BCUT2D eigenvalue weighted by Crippen LogP contribution is 2.01. The zero-order valence-electron chi connectivity index (χ0n) is 5.15. The van der Waals surface area contributed by atoms with Crippen LogP contribution in [0, 0.1) is 0 Å². The van der Waals surface area contributed by atoms with Crippen molar-refractivity contribution in [3.05, 3.63) is 24.3 Å². The molecule has 9 heavy (non-hydrogen) atoms. The van der Waals surface area contributed by atoms with Crippen LogP contribution in [0.4, 0.5) is 0 Å². The third kappa shape index (κ3) is 1.47. The molecule has 0 saturated heterocycles. The van der Waals surface area contributed by atoms with Crippen molar-refractivity contribution in [1.82, 2.24) is 9.97 Å². The van der Waals surface area contributed by atoms with Gasteiger partial charge in [-0.1, -0.05) is 0 Å². The van der Waals surface area contributed by atoms with E-state index in [1.807, 2.05) is 0 Å². The Morgan fingerprint density at radius 3 is 2.33 bits per heavy atom. The van der Waals surface area contributed by atoms with Gasteiger partial charge in [0.05, 0.1) is 0 Å². The lowest BCUT2D eigenvalue weighted by molar-refractivity contribution is 0.189. The van der Waals surface area contributed by atoms with E-state index < -0.39 is 6.10 Å². The van der Waals surface area contributed by atoms with Crippen LogP contribution in [0.15, 0.2) is 18.5 Å². The summed E-state index contributed by atoms with van der Waals surface area (Å²) in [4.78, 5) is 7.63. The Morgan fingerprint density at radius 2 is 2.00 bits per heavy atom. The van der Waals surface area contributed by atoms with Gasteiger partial charge in [-0.05, 0) is 13.0 Å². The molecule has 0 amide bonds. The molecule has 0 radical (unpaired) electrons. The predicted molar refractivity (Wildman–Crippen MR) is 32.7 cm³/mol. The van der Waals surface area contributed by atoms with Crippen molar-refractivity contribution in [2.45, 2.75) is 13.0 Å². The average molecular weight is 124 g/mol. The lowest BCUT2D eigenvalue weighted by atomic mass is 10.4. The van der Waals surface area contributed by atoms with E-state index in [1.165, 1.54) is 0 Å². The van der Waals surface area contributed by atoms with Crippen LogP contribution in [0.1, 0.15) is 18.9 Å². The molecule has 1 heterocycles. The molecule has 3 heteroatoms. The molecule has 0 aliphatic heterocycles. The van der Waals surface area contributed by atoms with Crippen LogP contribution in [-0.2, 0) is 0 Å². The molecule has 48 valence electrons. The van der Waals surface area contributed by atoms with Crippen molar-refractivity contribution in [2.24, 2.45) is 0 Å². The first-order valence-electron chi connectivity index (χ1n) is 2.75. The Labute approximate surface area is 53.4 Å². The van der Waals surface area contributed by atoms with Gasteiger partial charge in [0.1, 0.15) is 6.10 Å². The number of nitrogens with zero attached hydrogens (tertiary/aromatic N) is 2. The molecule has 0 aliphatic carbocycles. The highest BCUT2D eigenvalue weighted by atomic mass is 16.3. The van der Waals surface area contributed by atoms with Gasteiger partial charge in [-0.3, -0.25) is 0 Å². The molecule has 0 saturated carbocycles. The van der Waals surface area contributed by atoms with Crippen LogP contribution >= 0.6 is 0 Å². The van der Waals surface area contributed by atoms with E-state index in [0.29, 0.717) is 5.82 Å². The van der Waals surface area contributed by atoms with Crippen molar-refractivity contribution in [3.8, 4) is 0 Å². The quantitative estimate of drug-likeness (QED) is 0.594. The summed E-state index contributed by atoms with van der Waals surface area (Å²) in [7, 11) is 0. The molecular formula is C6H8N2O. The largest absolute Gasteiger partial charge is 0.385 e. The van der Waals surface area contributed by atoms with Gasteiger partial charge in [-0.2, -0.15) is 0 Å². The van der Waals surface area contributed by atoms with E-state index in [9.17, 15) is 0 Å². The maximum atomic E-state index is 8.90. The average Bonchev–Trinajstić information content (AvgIpc) is 1.90. The van der Waals surface area contributed by atoms with Gasteiger partial charge >= 0.3 is 0 Å². The zero-order chi connectivity index (χ0) is 6.69. The minimum absolute atomic E-state index is 0.470. The van der Waals surface area contributed by atoms with Gasteiger partial charge in [0.15, 0.2) is 5.82 Å². The number of hydrogen-bond donors (Lipinski definition) is 1. The Morgan fingerprint density at radius 1 is 1.44 bits per heavy atom. The third-order valence-corrected chi connectivity index (χ3v) is 0.959. The van der Waals surface area contributed by atoms with E-state index >= 15 is 0 Å². The van der Waals surface area contributed by atoms with Gasteiger partial charge in [0.25, 0.3) is 0 Å². The minimum atomic E-state index is -0.564. The first-order valence-corrected chi connectivity index (χ1v) is 2.75. The van der Waals surface area contributed by atoms with Crippen molar-refractivity contribution in [2.75, 3.05) is 0 Å². The number of aliphatic hydroxyl groups is 1. The summed E-state index contributed by atoms with van der Waals surface area (Å²) in [5.74, 6) is 0.470. The van der Waals surface area contributed by atoms with Crippen molar-refractivity contribution in [1.29, 1.82) is 0 Å². The van der Waals surface area contributed by atoms with E-state index in [1.54, 1.807) is 25.4 Å². The van der Waals surface area contributed by atoms with E-state index in [0.717, 1.165) is 0 Å². The predicted octanol–water partition coefficient (Wildman–Crippen LogP) is 0.530. The number of hydrogen-bond acceptors (Lipinski definition) is 3. The van der Waals surface area contributed by atoms with Crippen LogP contribution in [0.2, 0.25) is 0 Å². The van der Waals surface area contributed by atoms with Crippen LogP contribution < -0.4 is 0 Å². The lowest BCUT2D eigenvalue weighted by Crippen LogP contribution is -1.96. The second-order valence-corrected chi connectivity index (χ2v) is 1.78. The summed E-state index contributed by atoms with van der Waals surface area (Å²) >= 11 is 0. The molecule has 0 aromatic carbocycles. The van der Waals surface area contributed by atoms with Crippen LogP contribution in [0.5, 0.6) is 0 Å². The van der Waals surface area contributed by atoms with Crippen LogP contribution in [0.25, 0.3) is 0 Å². The number of rotatable bonds is 1. The highest BCUT2D eigenvalue weighted by molar-refractivity contribution is 4.90. The Bertz CT molecular complexity index is 174. The topological polar surface area (TPSA) is 46.0 Å². The summed E-state index contributed by atoms with van der Waals surface area (Å²) < 4.78 is 0. The first kappa shape index (κ1) is 6.16. The van der Waals surface area contributed by atoms with E-state index in [2.05, 4.69) is 9.97 Å². The fraction of sp³-hybridized carbons (Fsp3) is 0.333. The second-order valence-electron chi connectivity index (χ2n) is 1.78. The summed E-state index contributed by atoms with van der Waals surface area (Å²) in [5.41, 5.74) is 0. The van der Waals surface area contributed by atoms with Gasteiger partial charge in [-0.25, -0.2) is 9.97 Å². The monoisotopic (exact) mass is 124 g/mol. The molecule has 3 nitrogen and oxygen atoms in total. The molecule has 1 atom stereocenters. The smallest absolute Gasteiger partial charge is 0.156 e. The van der Waals surface area contributed by atoms with Gasteiger partial charge < -0.3 is 5.11 Å². The van der Waals surface area contributed by atoms with E-state index in [-0.39, 0.29) is 0 Å². The highest BCUT2D eigenvalue weighted by Gasteiger charge is 1.99. The fourth-order valence-corrected chi connectivity index (χ4v) is 0.526. The van der Waals surface area contributed by atoms with Crippen molar-refractivity contribution < 1.29 is 5.11 Å². The van der Waals surface area contributed by atoms with Crippen molar-refractivity contribution in [3.63, 3.8) is 0 Å². The molecule has 1 N–H and O–H groups in total.